The van der Waals surface area contributed by atoms with E-state index in [2.05, 4.69) is 30.8 Å². The summed E-state index contributed by atoms with van der Waals surface area (Å²) in [6.07, 6.45) is 1.76. The number of nitrogens with zero attached hydrogens (tertiary/aromatic N) is 4. The third kappa shape index (κ3) is 4.28. The van der Waals surface area contributed by atoms with E-state index in [1.165, 1.54) is 0 Å². The average molecular weight is 302 g/mol. The number of hydrogen-bond donors (Lipinski definition) is 2. The molecular weight excluding hydrogens is 280 g/mol. The van der Waals surface area contributed by atoms with Gasteiger partial charge in [0.25, 0.3) is 0 Å². The van der Waals surface area contributed by atoms with Crippen LogP contribution in [0.5, 0.6) is 0 Å². The minimum absolute atomic E-state index is 0.527. The van der Waals surface area contributed by atoms with Gasteiger partial charge >= 0.3 is 0 Å². The molecule has 0 atom stereocenters. The molecule has 7 heteroatoms. The molecule has 0 bridgehead atoms. The maximum Gasteiger partial charge on any atom is 0.191 e. The number of aromatic nitrogens is 3. The third-order valence-electron chi connectivity index (χ3n) is 3.19. The van der Waals surface area contributed by atoms with E-state index < -0.39 is 0 Å². The quantitative estimate of drug-likeness (QED) is 0.645. The molecule has 7 nitrogen and oxygen atoms in total. The molecule has 0 aromatic carbocycles. The lowest BCUT2D eigenvalue weighted by Gasteiger charge is -2.11. The predicted molar refractivity (Wildman–Crippen MR) is 84.4 cm³/mol. The van der Waals surface area contributed by atoms with Crippen LogP contribution in [0.1, 0.15) is 35.5 Å². The third-order valence-corrected chi connectivity index (χ3v) is 3.19. The van der Waals surface area contributed by atoms with Crippen LogP contribution in [-0.4, -0.2) is 27.6 Å². The molecule has 0 saturated carbocycles. The van der Waals surface area contributed by atoms with Gasteiger partial charge in [0.2, 0.25) is 0 Å². The summed E-state index contributed by atoms with van der Waals surface area (Å²) in [7, 11) is 0. The van der Waals surface area contributed by atoms with E-state index in [9.17, 15) is 0 Å². The first-order valence-corrected chi connectivity index (χ1v) is 7.32. The Hall–Kier alpha value is -2.44. The molecule has 2 aromatic heterocycles. The molecule has 118 valence electrons. The van der Waals surface area contributed by atoms with Crippen LogP contribution in [0, 0.1) is 20.8 Å². The molecule has 0 aliphatic rings. The highest BCUT2D eigenvalue weighted by Crippen LogP contribution is 2.12. The molecule has 22 heavy (non-hydrogen) atoms. The Morgan fingerprint density at radius 3 is 2.73 bits per heavy atom. The molecule has 2 rings (SSSR count). The summed E-state index contributed by atoms with van der Waals surface area (Å²) in [5.74, 6) is 2.30. The molecule has 0 fully saturated rings. The van der Waals surface area contributed by atoms with Crippen molar-refractivity contribution in [3.8, 4) is 0 Å². The minimum atomic E-state index is 0.527. The normalized spacial score (nSPS) is 11.5. The lowest BCUT2D eigenvalue weighted by molar-refractivity contribution is 0.392. The van der Waals surface area contributed by atoms with Crippen molar-refractivity contribution in [3.63, 3.8) is 0 Å². The molecule has 2 N–H and O–H groups in total. The molecular formula is C15H22N6O. The Balaban J connectivity index is 2.01. The first kappa shape index (κ1) is 15.9. The van der Waals surface area contributed by atoms with Crippen molar-refractivity contribution in [3.05, 3.63) is 40.8 Å². The van der Waals surface area contributed by atoms with Gasteiger partial charge in [-0.05, 0) is 33.8 Å². The van der Waals surface area contributed by atoms with Crippen molar-refractivity contribution >= 4 is 5.96 Å². The van der Waals surface area contributed by atoms with Crippen LogP contribution >= 0.6 is 0 Å². The van der Waals surface area contributed by atoms with Crippen LogP contribution < -0.4 is 10.6 Å². The maximum absolute atomic E-state index is 5.15. The Bertz CT molecular complexity index is 630. The van der Waals surface area contributed by atoms with E-state index in [0.29, 0.717) is 13.1 Å². The van der Waals surface area contributed by atoms with Crippen molar-refractivity contribution in [2.75, 3.05) is 6.54 Å². The second-order valence-corrected chi connectivity index (χ2v) is 4.95. The highest BCUT2D eigenvalue weighted by Gasteiger charge is 2.08. The van der Waals surface area contributed by atoms with Crippen LogP contribution in [0.3, 0.4) is 0 Å². The van der Waals surface area contributed by atoms with Gasteiger partial charge in [-0.1, -0.05) is 5.16 Å². The van der Waals surface area contributed by atoms with Crippen LogP contribution in [0.25, 0.3) is 0 Å². The van der Waals surface area contributed by atoms with Crippen LogP contribution in [-0.2, 0) is 13.1 Å². The standard InChI is InChI=1S/C15H22N6O/c1-5-16-15(18-8-13-6-7-17-12(4)20-13)19-9-14-10(2)21-22-11(14)3/h6-7H,5,8-9H2,1-4H3,(H2,16,18,19). The summed E-state index contributed by atoms with van der Waals surface area (Å²) in [6.45, 7) is 9.63. The van der Waals surface area contributed by atoms with Gasteiger partial charge in [0, 0.05) is 18.3 Å². The Morgan fingerprint density at radius 2 is 2.09 bits per heavy atom. The molecule has 0 amide bonds. The van der Waals surface area contributed by atoms with Crippen molar-refractivity contribution in [1.29, 1.82) is 0 Å². The van der Waals surface area contributed by atoms with E-state index in [4.69, 9.17) is 4.52 Å². The van der Waals surface area contributed by atoms with E-state index in [-0.39, 0.29) is 0 Å². The zero-order chi connectivity index (χ0) is 15.9. The fourth-order valence-electron chi connectivity index (χ4n) is 2.01. The molecule has 2 heterocycles. The smallest absolute Gasteiger partial charge is 0.191 e. The van der Waals surface area contributed by atoms with Gasteiger partial charge in [-0.2, -0.15) is 0 Å². The first-order chi connectivity index (χ1) is 10.6. The van der Waals surface area contributed by atoms with Crippen LogP contribution in [0.15, 0.2) is 21.8 Å². The maximum atomic E-state index is 5.15. The number of rotatable bonds is 5. The fourth-order valence-corrected chi connectivity index (χ4v) is 2.01. The van der Waals surface area contributed by atoms with E-state index in [1.807, 2.05) is 33.8 Å². The molecule has 2 aromatic rings. The van der Waals surface area contributed by atoms with Gasteiger partial charge in [-0.3, -0.25) is 0 Å². The summed E-state index contributed by atoms with van der Waals surface area (Å²) < 4.78 is 5.15. The van der Waals surface area contributed by atoms with E-state index >= 15 is 0 Å². The van der Waals surface area contributed by atoms with Gasteiger partial charge in [-0.25, -0.2) is 15.0 Å². The van der Waals surface area contributed by atoms with Crippen molar-refractivity contribution in [1.82, 2.24) is 25.8 Å². The topological polar surface area (TPSA) is 88.2 Å². The molecule has 0 saturated heterocycles. The summed E-state index contributed by atoms with van der Waals surface area (Å²) in [5.41, 5.74) is 2.83. The average Bonchev–Trinajstić information content (AvgIpc) is 2.81. The van der Waals surface area contributed by atoms with Crippen molar-refractivity contribution in [2.24, 2.45) is 4.99 Å². The fraction of sp³-hybridized carbons (Fsp3) is 0.467. The summed E-state index contributed by atoms with van der Waals surface area (Å²) in [4.78, 5) is 13.0. The minimum Gasteiger partial charge on any atom is -0.361 e. The number of guanidine groups is 1. The van der Waals surface area contributed by atoms with Gasteiger partial charge < -0.3 is 15.2 Å². The molecule has 0 unspecified atom stereocenters. The number of aryl methyl sites for hydroxylation is 3. The van der Waals surface area contributed by atoms with Gasteiger partial charge in [-0.15, -0.1) is 0 Å². The summed E-state index contributed by atoms with van der Waals surface area (Å²) in [5, 5.41) is 10.4. The number of aliphatic imine (C=N–C) groups is 1. The highest BCUT2D eigenvalue weighted by molar-refractivity contribution is 5.79. The molecule has 0 aliphatic carbocycles. The van der Waals surface area contributed by atoms with Gasteiger partial charge in [0.05, 0.1) is 24.5 Å². The van der Waals surface area contributed by atoms with Crippen molar-refractivity contribution < 1.29 is 4.52 Å². The van der Waals surface area contributed by atoms with Gasteiger partial charge in [0.15, 0.2) is 5.96 Å². The second-order valence-electron chi connectivity index (χ2n) is 4.95. The van der Waals surface area contributed by atoms with E-state index in [1.54, 1.807) is 6.20 Å². The zero-order valence-corrected chi connectivity index (χ0v) is 13.5. The molecule has 0 radical (unpaired) electrons. The summed E-state index contributed by atoms with van der Waals surface area (Å²) >= 11 is 0. The predicted octanol–water partition coefficient (Wildman–Crippen LogP) is 1.65. The Labute approximate surface area is 130 Å². The SMILES string of the molecule is CCNC(=NCc1c(C)noc1C)NCc1ccnc(C)n1. The Morgan fingerprint density at radius 1 is 1.27 bits per heavy atom. The lowest BCUT2D eigenvalue weighted by Crippen LogP contribution is -2.37. The highest BCUT2D eigenvalue weighted by atomic mass is 16.5. The monoisotopic (exact) mass is 302 g/mol. The first-order valence-electron chi connectivity index (χ1n) is 7.32. The van der Waals surface area contributed by atoms with Crippen LogP contribution in [0.2, 0.25) is 0 Å². The number of hydrogen-bond acceptors (Lipinski definition) is 5. The largest absolute Gasteiger partial charge is 0.361 e. The molecule has 0 aliphatic heterocycles. The van der Waals surface area contributed by atoms with Gasteiger partial charge in [0.1, 0.15) is 11.6 Å². The molecule has 0 spiro atoms. The zero-order valence-electron chi connectivity index (χ0n) is 13.5. The van der Waals surface area contributed by atoms with Crippen molar-refractivity contribution in [2.45, 2.75) is 40.8 Å². The summed E-state index contributed by atoms with van der Waals surface area (Å²) in [6, 6.07) is 1.89. The number of nitrogens with one attached hydrogen (secondary N) is 2. The Kier molecular flexibility index (Phi) is 5.46. The lowest BCUT2D eigenvalue weighted by atomic mass is 10.2. The second kappa shape index (κ2) is 7.53. The van der Waals surface area contributed by atoms with Crippen LogP contribution in [0.4, 0.5) is 0 Å². The van der Waals surface area contributed by atoms with E-state index in [0.717, 1.165) is 41.0 Å².